The Kier molecular flexibility index (Phi) is 3.94. The van der Waals surface area contributed by atoms with Crippen molar-refractivity contribution in [3.8, 4) is 0 Å². The molecule has 2 N–H and O–H groups in total. The molecular weight excluding hydrogens is 150 g/mol. The summed E-state index contributed by atoms with van der Waals surface area (Å²) in [6, 6.07) is 0. The summed E-state index contributed by atoms with van der Waals surface area (Å²) in [6.07, 6.45) is -0.181. The van der Waals surface area contributed by atoms with E-state index in [2.05, 4.69) is 10.1 Å². The Balaban J connectivity index is 3.72. The van der Waals surface area contributed by atoms with Crippen molar-refractivity contribution in [3.05, 3.63) is 5.21 Å². The van der Waals surface area contributed by atoms with Crippen molar-refractivity contribution in [2.75, 3.05) is 6.54 Å². The first-order valence-corrected chi connectivity index (χ1v) is 3.12. The van der Waals surface area contributed by atoms with E-state index < -0.39 is 12.5 Å². The van der Waals surface area contributed by atoms with Gasteiger partial charge in [-0.1, -0.05) is 0 Å². The molecule has 11 heavy (non-hydrogen) atoms. The number of nitrogens with two attached hydrogens (primary N) is 1. The predicted molar refractivity (Wildman–Crippen MR) is 36.3 cm³/mol. The van der Waals surface area contributed by atoms with Gasteiger partial charge in [-0.2, -0.15) is 0 Å². The second-order valence-corrected chi connectivity index (χ2v) is 2.21. The number of hydrogen-bond acceptors (Lipinski definition) is 4. The van der Waals surface area contributed by atoms with E-state index in [9.17, 15) is 10.0 Å². The molecule has 1 amide bonds. The van der Waals surface area contributed by atoms with E-state index in [1.165, 1.54) is 0 Å². The molecule has 0 aromatic rings. The van der Waals surface area contributed by atoms with E-state index in [0.717, 1.165) is 0 Å². The van der Waals surface area contributed by atoms with Gasteiger partial charge in [-0.25, -0.2) is 0 Å². The van der Waals surface area contributed by atoms with Crippen LogP contribution in [-0.4, -0.2) is 23.4 Å². The zero-order valence-electron chi connectivity index (χ0n) is 6.48. The van der Waals surface area contributed by atoms with Gasteiger partial charge < -0.3 is 15.8 Å². The molecule has 0 radical (unpaired) electrons. The molecule has 0 aliphatic carbocycles. The average molecular weight is 161 g/mol. The van der Waals surface area contributed by atoms with Gasteiger partial charge in [0.2, 0.25) is 5.28 Å². The third-order valence-corrected chi connectivity index (χ3v) is 0.640. The van der Waals surface area contributed by atoms with E-state index in [1.54, 1.807) is 13.8 Å². The summed E-state index contributed by atoms with van der Waals surface area (Å²) in [6.45, 7) is 2.94. The van der Waals surface area contributed by atoms with E-state index in [1.807, 2.05) is 0 Å². The fourth-order valence-corrected chi connectivity index (χ4v) is 0.309. The molecule has 0 fully saturated rings. The van der Waals surface area contributed by atoms with Gasteiger partial charge in [-0.15, -0.1) is 0 Å². The quantitative estimate of drug-likeness (QED) is 0.351. The second-order valence-electron chi connectivity index (χ2n) is 2.21. The monoisotopic (exact) mass is 161 g/mol. The first-order chi connectivity index (χ1) is 5.02. The number of hydrogen-bond donors (Lipinski definition) is 1. The molecule has 0 spiro atoms. The van der Waals surface area contributed by atoms with Crippen LogP contribution >= 0.6 is 0 Å². The maximum absolute atomic E-state index is 10.5. The minimum Gasteiger partial charge on any atom is -0.597 e. The summed E-state index contributed by atoms with van der Waals surface area (Å²) in [7, 11) is 0. The van der Waals surface area contributed by atoms with E-state index >= 15 is 0 Å². The van der Waals surface area contributed by atoms with Gasteiger partial charge in [0.15, 0.2) is 0 Å². The number of rotatable bonds is 4. The topological polar surface area (TPSA) is 90.8 Å². The summed E-state index contributed by atoms with van der Waals surface area (Å²) in [5, 5.41) is 13.5. The van der Waals surface area contributed by atoms with Crippen LogP contribution in [0.2, 0.25) is 0 Å². The van der Waals surface area contributed by atoms with Gasteiger partial charge in [-0.05, 0) is 18.7 Å². The number of primary amides is 1. The van der Waals surface area contributed by atoms with Crippen LogP contribution in [0, 0.1) is 5.21 Å². The van der Waals surface area contributed by atoms with Gasteiger partial charge in [0, 0.05) is 0 Å². The van der Waals surface area contributed by atoms with Crippen molar-refractivity contribution < 1.29 is 14.5 Å². The van der Waals surface area contributed by atoms with Crippen molar-refractivity contribution in [2.45, 2.75) is 20.0 Å². The second kappa shape index (κ2) is 4.48. The van der Waals surface area contributed by atoms with E-state index in [4.69, 9.17) is 5.73 Å². The Morgan fingerprint density at radius 3 is 2.73 bits per heavy atom. The number of nitrogens with zero attached hydrogens (tertiary/aromatic N) is 2. The standard InChI is InChI=1S/C5H11N3O3/c1-4(2)11-7-8(10)3-5(6)9/h4H,3H2,1-2H3,(H2,6,9)/b8-7-. The predicted octanol–water partition coefficient (Wildman–Crippen LogP) is -0.226. The van der Waals surface area contributed by atoms with Crippen LogP contribution < -0.4 is 5.73 Å². The molecule has 0 atom stereocenters. The maximum Gasteiger partial charge on any atom is 0.287 e. The van der Waals surface area contributed by atoms with Crippen LogP contribution in [0.4, 0.5) is 0 Å². The van der Waals surface area contributed by atoms with Crippen molar-refractivity contribution in [1.82, 2.24) is 0 Å². The highest BCUT2D eigenvalue weighted by molar-refractivity contribution is 5.74. The Bertz CT molecular complexity index is 166. The third kappa shape index (κ3) is 6.56. The molecule has 0 aliphatic heterocycles. The summed E-state index contributed by atoms with van der Waals surface area (Å²) < 4.78 is 0. The highest BCUT2D eigenvalue weighted by Crippen LogP contribution is 1.88. The number of hydroxylamine groups is 1. The van der Waals surface area contributed by atoms with Crippen LogP contribution in [0.25, 0.3) is 0 Å². The van der Waals surface area contributed by atoms with Crippen LogP contribution in [-0.2, 0) is 9.63 Å². The Labute approximate surface area is 64.2 Å². The minimum atomic E-state index is -0.740. The van der Waals surface area contributed by atoms with Gasteiger partial charge in [0.05, 0.1) is 0 Å². The number of carbonyl (C=O) groups excluding carboxylic acids is 1. The SMILES string of the molecule is CC(C)O/N=[N+](\[O-])CC(N)=O. The molecular formula is C5H11N3O3. The summed E-state index contributed by atoms with van der Waals surface area (Å²) in [5.41, 5.74) is 4.70. The molecule has 64 valence electrons. The summed E-state index contributed by atoms with van der Waals surface area (Å²) in [4.78, 5) is 14.8. The lowest BCUT2D eigenvalue weighted by molar-refractivity contribution is -0.549. The summed E-state index contributed by atoms with van der Waals surface area (Å²) in [5.74, 6) is -0.740. The lowest BCUT2D eigenvalue weighted by Crippen LogP contribution is -2.22. The molecule has 0 bridgehead atoms. The van der Waals surface area contributed by atoms with Crippen molar-refractivity contribution in [3.63, 3.8) is 0 Å². The van der Waals surface area contributed by atoms with Crippen LogP contribution in [0.1, 0.15) is 13.8 Å². The smallest absolute Gasteiger partial charge is 0.287 e. The van der Waals surface area contributed by atoms with Crippen molar-refractivity contribution >= 4 is 5.91 Å². The summed E-state index contributed by atoms with van der Waals surface area (Å²) >= 11 is 0. The van der Waals surface area contributed by atoms with Crippen molar-refractivity contribution in [2.24, 2.45) is 11.0 Å². The zero-order chi connectivity index (χ0) is 8.85. The highest BCUT2D eigenvalue weighted by Gasteiger charge is 2.02. The van der Waals surface area contributed by atoms with E-state index in [0.29, 0.717) is 0 Å². The minimum absolute atomic E-state index is 0.0995. The Hall–Kier alpha value is -1.33. The molecule has 0 rings (SSSR count). The van der Waals surface area contributed by atoms with Gasteiger partial charge in [0.1, 0.15) is 6.10 Å². The average Bonchev–Trinajstić information content (AvgIpc) is 1.82. The fraction of sp³-hybridized carbons (Fsp3) is 0.800. The van der Waals surface area contributed by atoms with Crippen LogP contribution in [0.5, 0.6) is 0 Å². The van der Waals surface area contributed by atoms with Crippen molar-refractivity contribution in [1.29, 1.82) is 0 Å². The molecule has 0 heterocycles. The molecule has 0 saturated carbocycles. The lowest BCUT2D eigenvalue weighted by atomic mass is 10.5. The number of amides is 1. The van der Waals surface area contributed by atoms with E-state index in [-0.39, 0.29) is 11.0 Å². The fourth-order valence-electron chi connectivity index (χ4n) is 0.309. The molecule has 0 unspecified atom stereocenters. The molecule has 0 aromatic heterocycles. The maximum atomic E-state index is 10.5. The van der Waals surface area contributed by atoms with Crippen LogP contribution in [0.15, 0.2) is 5.28 Å². The third-order valence-electron chi connectivity index (χ3n) is 0.640. The molecule has 0 saturated heterocycles. The normalized spacial score (nSPS) is 11.7. The zero-order valence-corrected chi connectivity index (χ0v) is 6.48. The molecule has 6 heteroatoms. The Morgan fingerprint density at radius 2 is 2.36 bits per heavy atom. The first-order valence-electron chi connectivity index (χ1n) is 3.12. The van der Waals surface area contributed by atoms with Gasteiger partial charge in [-0.3, -0.25) is 4.79 Å². The van der Waals surface area contributed by atoms with Gasteiger partial charge in [0.25, 0.3) is 12.5 Å². The highest BCUT2D eigenvalue weighted by atomic mass is 16.7. The molecule has 6 nitrogen and oxygen atoms in total. The lowest BCUT2D eigenvalue weighted by Gasteiger charge is -1.99. The van der Waals surface area contributed by atoms with Crippen LogP contribution in [0.3, 0.4) is 0 Å². The number of carbonyl (C=O) groups is 1. The molecule has 0 aliphatic rings. The largest absolute Gasteiger partial charge is 0.597 e. The molecule has 0 aromatic carbocycles. The Morgan fingerprint density at radius 1 is 1.82 bits per heavy atom. The first kappa shape index (κ1) is 9.67. The van der Waals surface area contributed by atoms with Gasteiger partial charge >= 0.3 is 0 Å².